The van der Waals surface area contributed by atoms with E-state index in [2.05, 4.69) is 37.5 Å². The van der Waals surface area contributed by atoms with Gasteiger partial charge >= 0.3 is 0 Å². The average Bonchev–Trinajstić information content (AvgIpc) is 3.21. The molecule has 4 rings (SSSR count). The van der Waals surface area contributed by atoms with Crippen LogP contribution in [-0.2, 0) is 0 Å². The van der Waals surface area contributed by atoms with Gasteiger partial charge in [0.1, 0.15) is 0 Å². The van der Waals surface area contributed by atoms with Crippen LogP contribution in [0.4, 0.5) is 0 Å². The summed E-state index contributed by atoms with van der Waals surface area (Å²) in [6, 6.07) is 8.02. The highest BCUT2D eigenvalue weighted by Gasteiger charge is 2.44. The average molecular weight is 262 g/mol. The molecule has 1 fully saturated rings. The number of hydrogen-bond donors (Lipinski definition) is 0. The van der Waals surface area contributed by atoms with E-state index in [1.54, 1.807) is 0 Å². The predicted octanol–water partition coefficient (Wildman–Crippen LogP) is 5.36. The van der Waals surface area contributed by atoms with Gasteiger partial charge in [-0.05, 0) is 47.6 Å². The molecule has 1 aromatic carbocycles. The van der Waals surface area contributed by atoms with E-state index in [0.29, 0.717) is 0 Å². The van der Waals surface area contributed by atoms with E-state index < -0.39 is 0 Å². The normalized spacial score (nSPS) is 31.6. The Balaban J connectivity index is 0.000000121. The van der Waals surface area contributed by atoms with Gasteiger partial charge in [-0.15, -0.1) is 0 Å². The van der Waals surface area contributed by atoms with Crippen molar-refractivity contribution in [3.8, 4) is 0 Å². The van der Waals surface area contributed by atoms with Crippen LogP contribution in [-0.4, -0.2) is 0 Å². The first kappa shape index (κ1) is 13.2. The molecule has 3 aliphatic carbocycles. The van der Waals surface area contributed by atoms with Gasteiger partial charge in [-0.25, -0.2) is 0 Å². The molecular formula is C20H22. The van der Waals surface area contributed by atoms with Crippen LogP contribution in [0.5, 0.6) is 0 Å². The topological polar surface area (TPSA) is 0 Å². The van der Waals surface area contributed by atoms with Crippen LogP contribution in [0.15, 0.2) is 61.7 Å². The highest BCUT2D eigenvalue weighted by Crippen LogP contribution is 2.52. The quantitative estimate of drug-likeness (QED) is 0.630. The first-order valence-corrected chi connectivity index (χ1v) is 7.52. The summed E-state index contributed by atoms with van der Waals surface area (Å²) in [6.45, 7) is 7.38. The fourth-order valence-electron chi connectivity index (χ4n) is 3.86. The Bertz CT molecular complexity index is 534. The maximum Gasteiger partial charge on any atom is -0.0133 e. The number of fused-ring (bicyclic) bond motifs is 5. The molecule has 0 heteroatoms. The number of hydrogen-bond acceptors (Lipinski definition) is 0. The van der Waals surface area contributed by atoms with Crippen molar-refractivity contribution in [1.29, 1.82) is 0 Å². The van der Waals surface area contributed by atoms with Crippen molar-refractivity contribution < 1.29 is 0 Å². The molecule has 0 radical (unpaired) electrons. The minimum atomic E-state index is 0.925. The van der Waals surface area contributed by atoms with Gasteiger partial charge in [-0.2, -0.15) is 0 Å². The zero-order valence-electron chi connectivity index (χ0n) is 11.9. The Morgan fingerprint density at radius 1 is 0.900 bits per heavy atom. The largest absolute Gasteiger partial charge is 0.0984 e. The van der Waals surface area contributed by atoms with Crippen molar-refractivity contribution in [2.45, 2.75) is 12.8 Å². The molecule has 3 aliphatic rings. The van der Waals surface area contributed by atoms with Gasteiger partial charge in [-0.3, -0.25) is 0 Å². The molecule has 0 aliphatic heterocycles. The van der Waals surface area contributed by atoms with E-state index in [9.17, 15) is 0 Å². The van der Waals surface area contributed by atoms with Crippen LogP contribution in [0.1, 0.15) is 24.0 Å². The molecule has 4 atom stereocenters. The van der Waals surface area contributed by atoms with Crippen LogP contribution in [0, 0.1) is 23.7 Å². The third-order valence-corrected chi connectivity index (χ3v) is 4.89. The molecule has 1 aromatic rings. The van der Waals surface area contributed by atoms with E-state index in [4.69, 9.17) is 0 Å². The van der Waals surface area contributed by atoms with Crippen LogP contribution in [0.3, 0.4) is 0 Å². The molecule has 0 saturated heterocycles. The number of rotatable bonds is 2. The molecule has 0 N–H and O–H groups in total. The maximum atomic E-state index is 3.69. The van der Waals surface area contributed by atoms with E-state index in [1.807, 2.05) is 36.4 Å². The third kappa shape index (κ3) is 2.31. The van der Waals surface area contributed by atoms with E-state index in [0.717, 1.165) is 34.8 Å². The van der Waals surface area contributed by atoms with E-state index in [-0.39, 0.29) is 0 Å². The molecule has 4 unspecified atom stereocenters. The second-order valence-electron chi connectivity index (χ2n) is 5.89. The van der Waals surface area contributed by atoms with Crippen molar-refractivity contribution in [2.75, 3.05) is 0 Å². The lowest BCUT2D eigenvalue weighted by Gasteiger charge is -2.18. The monoisotopic (exact) mass is 262 g/mol. The first-order chi connectivity index (χ1) is 9.83. The third-order valence-electron chi connectivity index (χ3n) is 4.89. The molecular weight excluding hydrogens is 240 g/mol. The molecule has 20 heavy (non-hydrogen) atoms. The van der Waals surface area contributed by atoms with Gasteiger partial charge in [0.15, 0.2) is 0 Å². The molecule has 0 aromatic heterocycles. The fraction of sp³-hybridized carbons (Fsp3) is 0.300. The Hall–Kier alpha value is -1.82. The van der Waals surface area contributed by atoms with Crippen molar-refractivity contribution in [2.24, 2.45) is 23.7 Å². The van der Waals surface area contributed by atoms with Crippen LogP contribution in [0.2, 0.25) is 0 Å². The van der Waals surface area contributed by atoms with Crippen LogP contribution in [0.25, 0.3) is 12.2 Å². The first-order valence-electron chi connectivity index (χ1n) is 7.52. The minimum absolute atomic E-state index is 0.925. The van der Waals surface area contributed by atoms with E-state index in [1.165, 1.54) is 12.8 Å². The second-order valence-corrected chi connectivity index (χ2v) is 5.89. The molecule has 0 amide bonds. The molecule has 0 heterocycles. The Labute approximate surface area is 122 Å². The minimum Gasteiger partial charge on any atom is -0.0984 e. The summed E-state index contributed by atoms with van der Waals surface area (Å²) < 4.78 is 0. The zero-order chi connectivity index (χ0) is 13.9. The molecule has 2 bridgehead atoms. The fourth-order valence-corrected chi connectivity index (χ4v) is 3.86. The standard InChI is InChI=1S/C10H12.C10H10/c1-2-9-7-4-5-8(6-7)10(9)3-1;1-3-9-7-5-6-8-10(9)4-2/h1-2,4-5,7-10H,3,6H2;3-8H,1-2H2. The van der Waals surface area contributed by atoms with Crippen LogP contribution >= 0.6 is 0 Å². The molecule has 0 spiro atoms. The summed E-state index contributed by atoms with van der Waals surface area (Å²) in [6.07, 6.45) is 16.2. The summed E-state index contributed by atoms with van der Waals surface area (Å²) in [5.41, 5.74) is 2.27. The molecule has 0 nitrogen and oxygen atoms in total. The van der Waals surface area contributed by atoms with Crippen molar-refractivity contribution in [3.05, 3.63) is 72.9 Å². The number of benzene rings is 1. The van der Waals surface area contributed by atoms with Crippen molar-refractivity contribution >= 4 is 12.2 Å². The van der Waals surface area contributed by atoms with E-state index >= 15 is 0 Å². The lowest BCUT2D eigenvalue weighted by atomic mass is 9.86. The lowest BCUT2D eigenvalue weighted by molar-refractivity contribution is 0.398. The highest BCUT2D eigenvalue weighted by atomic mass is 14.5. The van der Waals surface area contributed by atoms with Gasteiger partial charge in [-0.1, -0.05) is 73.9 Å². The van der Waals surface area contributed by atoms with Gasteiger partial charge < -0.3 is 0 Å². The summed E-state index contributed by atoms with van der Waals surface area (Å²) in [5.74, 6) is 3.82. The Kier molecular flexibility index (Phi) is 3.73. The zero-order valence-corrected chi connectivity index (χ0v) is 11.9. The molecule has 102 valence electrons. The van der Waals surface area contributed by atoms with Crippen LogP contribution < -0.4 is 0 Å². The SMILES string of the molecule is C1=CC2C3C=CC(C3)C2C1.C=Cc1ccccc1C=C. The smallest absolute Gasteiger partial charge is 0.0133 e. The number of allylic oxidation sites excluding steroid dienone is 4. The maximum absolute atomic E-state index is 3.69. The molecule has 1 saturated carbocycles. The Morgan fingerprint density at radius 3 is 2.15 bits per heavy atom. The van der Waals surface area contributed by atoms with Gasteiger partial charge in [0.25, 0.3) is 0 Å². The lowest BCUT2D eigenvalue weighted by Crippen LogP contribution is -2.12. The Morgan fingerprint density at radius 2 is 1.55 bits per heavy atom. The predicted molar refractivity (Wildman–Crippen MR) is 88.1 cm³/mol. The van der Waals surface area contributed by atoms with Crippen molar-refractivity contribution in [1.82, 2.24) is 0 Å². The van der Waals surface area contributed by atoms with Gasteiger partial charge in [0, 0.05) is 0 Å². The van der Waals surface area contributed by atoms with Crippen molar-refractivity contribution in [3.63, 3.8) is 0 Å². The summed E-state index contributed by atoms with van der Waals surface area (Å²) in [5, 5.41) is 0. The van der Waals surface area contributed by atoms with Gasteiger partial charge in [0.2, 0.25) is 0 Å². The highest BCUT2D eigenvalue weighted by molar-refractivity contribution is 5.63. The summed E-state index contributed by atoms with van der Waals surface area (Å²) >= 11 is 0. The summed E-state index contributed by atoms with van der Waals surface area (Å²) in [4.78, 5) is 0. The van der Waals surface area contributed by atoms with Gasteiger partial charge in [0.05, 0.1) is 0 Å². The second kappa shape index (κ2) is 5.66. The summed E-state index contributed by atoms with van der Waals surface area (Å²) in [7, 11) is 0.